The molecule has 0 saturated carbocycles. The van der Waals surface area contributed by atoms with Crippen LogP contribution in [0.4, 0.5) is 4.39 Å². The van der Waals surface area contributed by atoms with Gasteiger partial charge in [-0.25, -0.2) is 4.39 Å². The van der Waals surface area contributed by atoms with Crippen LogP contribution in [-0.4, -0.2) is 19.8 Å². The highest BCUT2D eigenvalue weighted by Gasteiger charge is 2.25. The van der Waals surface area contributed by atoms with E-state index >= 15 is 0 Å². The Balaban J connectivity index is 2.33. The molecule has 76 valence electrons. The first-order chi connectivity index (χ1) is 6.70. The lowest BCUT2D eigenvalue weighted by Gasteiger charge is -2.08. The van der Waals surface area contributed by atoms with Crippen LogP contribution >= 0.6 is 15.9 Å². The van der Waals surface area contributed by atoms with Gasteiger partial charge < -0.3 is 9.47 Å². The zero-order valence-corrected chi connectivity index (χ0v) is 9.30. The molecule has 0 radical (unpaired) electrons. The smallest absolute Gasteiger partial charge is 0.166 e. The lowest BCUT2D eigenvalue weighted by Crippen LogP contribution is -1.99. The average Bonchev–Trinajstić information content (AvgIpc) is 2.87. The fourth-order valence-electron chi connectivity index (χ4n) is 1.43. The van der Waals surface area contributed by atoms with Gasteiger partial charge in [0.05, 0.1) is 19.8 Å². The number of rotatable bonds is 3. The first-order valence-corrected chi connectivity index (χ1v) is 5.13. The van der Waals surface area contributed by atoms with Crippen molar-refractivity contribution in [2.45, 2.75) is 12.5 Å². The maximum Gasteiger partial charge on any atom is 0.166 e. The summed E-state index contributed by atoms with van der Waals surface area (Å²) in [6.45, 7) is 0.761. The zero-order chi connectivity index (χ0) is 10.1. The standard InChI is InChI=1S/C10H10BrFO2/c1-13-10-6(3-8-5-14-8)2-7(11)4-9(10)12/h2,4,8H,3,5H2,1H3. The van der Waals surface area contributed by atoms with Crippen LogP contribution in [0.1, 0.15) is 5.56 Å². The van der Waals surface area contributed by atoms with Gasteiger partial charge in [-0.05, 0) is 12.1 Å². The van der Waals surface area contributed by atoms with Crippen molar-refractivity contribution >= 4 is 15.9 Å². The molecule has 0 bridgehead atoms. The van der Waals surface area contributed by atoms with E-state index in [1.165, 1.54) is 13.2 Å². The Kier molecular flexibility index (Phi) is 2.74. The minimum atomic E-state index is -0.336. The second-order valence-electron chi connectivity index (χ2n) is 3.24. The van der Waals surface area contributed by atoms with Crippen molar-refractivity contribution in [2.24, 2.45) is 0 Å². The van der Waals surface area contributed by atoms with E-state index in [1.807, 2.05) is 6.07 Å². The molecule has 0 spiro atoms. The third-order valence-corrected chi connectivity index (χ3v) is 2.60. The van der Waals surface area contributed by atoms with E-state index in [0.717, 1.165) is 16.6 Å². The Bertz CT molecular complexity index is 350. The highest BCUT2D eigenvalue weighted by Crippen LogP contribution is 2.30. The maximum absolute atomic E-state index is 13.4. The lowest BCUT2D eigenvalue weighted by atomic mass is 10.1. The van der Waals surface area contributed by atoms with Gasteiger partial charge >= 0.3 is 0 Å². The van der Waals surface area contributed by atoms with Crippen LogP contribution < -0.4 is 4.74 Å². The van der Waals surface area contributed by atoms with Gasteiger partial charge in [0, 0.05) is 16.5 Å². The minimum Gasteiger partial charge on any atom is -0.493 e. The van der Waals surface area contributed by atoms with E-state index in [9.17, 15) is 4.39 Å². The highest BCUT2D eigenvalue weighted by molar-refractivity contribution is 9.10. The Hall–Kier alpha value is -0.610. The molecular formula is C10H10BrFO2. The molecule has 1 aromatic carbocycles. The number of halogens is 2. The summed E-state index contributed by atoms with van der Waals surface area (Å²) >= 11 is 3.25. The highest BCUT2D eigenvalue weighted by atomic mass is 79.9. The van der Waals surface area contributed by atoms with Gasteiger partial charge in [-0.2, -0.15) is 0 Å². The molecule has 0 aromatic heterocycles. The molecule has 1 aliphatic rings. The van der Waals surface area contributed by atoms with Crippen molar-refractivity contribution < 1.29 is 13.9 Å². The van der Waals surface area contributed by atoms with Crippen LogP contribution in [0, 0.1) is 5.82 Å². The predicted octanol–water partition coefficient (Wildman–Crippen LogP) is 2.54. The fourth-order valence-corrected chi connectivity index (χ4v) is 1.90. The minimum absolute atomic E-state index is 0.234. The van der Waals surface area contributed by atoms with E-state index in [-0.39, 0.29) is 11.9 Å². The third kappa shape index (κ3) is 2.07. The normalized spacial score (nSPS) is 19.5. The molecule has 0 amide bonds. The number of methoxy groups -OCH3 is 1. The van der Waals surface area contributed by atoms with Gasteiger partial charge in [-0.3, -0.25) is 0 Å². The number of ether oxygens (including phenoxy) is 2. The quantitative estimate of drug-likeness (QED) is 0.780. The molecular weight excluding hydrogens is 251 g/mol. The Labute approximate surface area is 90.1 Å². The van der Waals surface area contributed by atoms with Gasteiger partial charge in [0.15, 0.2) is 11.6 Å². The maximum atomic E-state index is 13.4. The number of epoxide rings is 1. The van der Waals surface area contributed by atoms with Gasteiger partial charge in [-0.15, -0.1) is 0 Å². The SMILES string of the molecule is COc1c(F)cc(Br)cc1CC1CO1. The molecule has 1 saturated heterocycles. The number of hydrogen-bond donors (Lipinski definition) is 0. The largest absolute Gasteiger partial charge is 0.493 e. The van der Waals surface area contributed by atoms with Crippen LogP contribution in [0.25, 0.3) is 0 Å². The Morgan fingerprint density at radius 3 is 2.93 bits per heavy atom. The van der Waals surface area contributed by atoms with Crippen LogP contribution in [0.2, 0.25) is 0 Å². The summed E-state index contributed by atoms with van der Waals surface area (Å²) in [6, 6.07) is 3.26. The number of benzene rings is 1. The molecule has 1 fully saturated rings. The predicted molar refractivity (Wildman–Crippen MR) is 54.1 cm³/mol. The third-order valence-electron chi connectivity index (χ3n) is 2.14. The second kappa shape index (κ2) is 3.87. The Morgan fingerprint density at radius 1 is 1.64 bits per heavy atom. The van der Waals surface area contributed by atoms with Crippen LogP contribution in [-0.2, 0) is 11.2 Å². The van der Waals surface area contributed by atoms with Gasteiger partial charge in [0.2, 0.25) is 0 Å². The van der Waals surface area contributed by atoms with Crippen molar-refractivity contribution in [2.75, 3.05) is 13.7 Å². The van der Waals surface area contributed by atoms with E-state index in [1.54, 1.807) is 0 Å². The molecule has 1 aromatic rings. The van der Waals surface area contributed by atoms with Crippen LogP contribution in [0.3, 0.4) is 0 Å². The van der Waals surface area contributed by atoms with Crippen molar-refractivity contribution in [3.8, 4) is 5.75 Å². The van der Waals surface area contributed by atoms with Crippen molar-refractivity contribution in [3.05, 3.63) is 28.0 Å². The van der Waals surface area contributed by atoms with E-state index in [4.69, 9.17) is 9.47 Å². The van der Waals surface area contributed by atoms with E-state index < -0.39 is 0 Å². The van der Waals surface area contributed by atoms with Crippen molar-refractivity contribution in [3.63, 3.8) is 0 Å². The molecule has 1 unspecified atom stereocenters. The monoisotopic (exact) mass is 260 g/mol. The van der Waals surface area contributed by atoms with Crippen LogP contribution in [0.5, 0.6) is 5.75 Å². The fraction of sp³-hybridized carbons (Fsp3) is 0.400. The van der Waals surface area contributed by atoms with Crippen LogP contribution in [0.15, 0.2) is 16.6 Å². The summed E-state index contributed by atoms with van der Waals surface area (Å²) in [6.07, 6.45) is 0.942. The molecule has 0 aliphatic carbocycles. The molecule has 2 rings (SSSR count). The van der Waals surface area contributed by atoms with E-state index in [2.05, 4.69) is 15.9 Å². The first kappa shape index (κ1) is 9.93. The molecule has 2 nitrogen and oxygen atoms in total. The topological polar surface area (TPSA) is 21.8 Å². The molecule has 0 N–H and O–H groups in total. The lowest BCUT2D eigenvalue weighted by molar-refractivity contribution is 0.372. The molecule has 1 atom stereocenters. The van der Waals surface area contributed by atoms with Gasteiger partial charge in [0.25, 0.3) is 0 Å². The summed E-state index contributed by atoms with van der Waals surface area (Å²) in [5.74, 6) is -0.0128. The zero-order valence-electron chi connectivity index (χ0n) is 7.72. The average molecular weight is 261 g/mol. The summed E-state index contributed by atoms with van der Waals surface area (Å²) in [5.41, 5.74) is 0.849. The summed E-state index contributed by atoms with van der Waals surface area (Å²) in [5, 5.41) is 0. The summed E-state index contributed by atoms with van der Waals surface area (Å²) in [4.78, 5) is 0. The first-order valence-electron chi connectivity index (χ1n) is 4.34. The summed E-state index contributed by atoms with van der Waals surface area (Å²) in [7, 11) is 1.48. The van der Waals surface area contributed by atoms with Crippen molar-refractivity contribution in [1.82, 2.24) is 0 Å². The van der Waals surface area contributed by atoms with Crippen molar-refractivity contribution in [1.29, 1.82) is 0 Å². The number of hydrogen-bond acceptors (Lipinski definition) is 2. The molecule has 4 heteroatoms. The molecule has 1 aliphatic heterocycles. The second-order valence-corrected chi connectivity index (χ2v) is 4.16. The Morgan fingerprint density at radius 2 is 2.36 bits per heavy atom. The van der Waals surface area contributed by atoms with Gasteiger partial charge in [-0.1, -0.05) is 15.9 Å². The molecule has 14 heavy (non-hydrogen) atoms. The molecule has 1 heterocycles. The van der Waals surface area contributed by atoms with Gasteiger partial charge in [0.1, 0.15) is 0 Å². The van der Waals surface area contributed by atoms with E-state index in [0.29, 0.717) is 12.2 Å². The summed E-state index contributed by atoms with van der Waals surface area (Å²) < 4.78 is 24.2.